The van der Waals surface area contributed by atoms with E-state index in [1.807, 2.05) is 18.2 Å². The van der Waals surface area contributed by atoms with Crippen molar-refractivity contribution < 1.29 is 14.6 Å². The standard InChI is InChI=1S/C21H26O3/c1-2-3-4-5-6-7-10-16-13-14-18-20(22)17-11-8-9-12-19(17)24-21(18,23)15-16/h8-9,11-15,18,23H,2-7,10H2,1H3. The number of aliphatic hydroxyl groups is 1. The monoisotopic (exact) mass is 326 g/mol. The van der Waals surface area contributed by atoms with E-state index in [9.17, 15) is 9.90 Å². The summed E-state index contributed by atoms with van der Waals surface area (Å²) in [7, 11) is 0. The fourth-order valence-corrected chi connectivity index (χ4v) is 3.50. The lowest BCUT2D eigenvalue weighted by Crippen LogP contribution is -2.49. The first-order valence-corrected chi connectivity index (χ1v) is 9.08. The number of ketones is 1. The van der Waals surface area contributed by atoms with Crippen LogP contribution in [0.1, 0.15) is 62.2 Å². The minimum absolute atomic E-state index is 0.0783. The third-order valence-electron chi connectivity index (χ3n) is 4.87. The molecule has 0 amide bonds. The summed E-state index contributed by atoms with van der Waals surface area (Å²) in [6.45, 7) is 2.22. The van der Waals surface area contributed by atoms with Crippen molar-refractivity contribution in [3.05, 3.63) is 53.6 Å². The van der Waals surface area contributed by atoms with Gasteiger partial charge < -0.3 is 9.84 Å². The van der Waals surface area contributed by atoms with Gasteiger partial charge in [0.2, 0.25) is 5.79 Å². The number of hydrogen-bond donors (Lipinski definition) is 1. The topological polar surface area (TPSA) is 46.5 Å². The Kier molecular flexibility index (Phi) is 5.20. The van der Waals surface area contributed by atoms with Crippen LogP contribution in [0, 0.1) is 5.92 Å². The first-order chi connectivity index (χ1) is 11.6. The van der Waals surface area contributed by atoms with Crippen molar-refractivity contribution in [1.82, 2.24) is 0 Å². The highest BCUT2D eigenvalue weighted by Crippen LogP contribution is 2.40. The summed E-state index contributed by atoms with van der Waals surface area (Å²) in [5, 5.41) is 10.9. The maximum Gasteiger partial charge on any atom is 0.242 e. The lowest BCUT2D eigenvalue weighted by molar-refractivity contribution is -0.121. The number of benzene rings is 1. The molecule has 1 aromatic rings. The van der Waals surface area contributed by atoms with E-state index >= 15 is 0 Å². The van der Waals surface area contributed by atoms with Crippen molar-refractivity contribution in [3.63, 3.8) is 0 Å². The van der Waals surface area contributed by atoms with Crippen molar-refractivity contribution in [1.29, 1.82) is 0 Å². The van der Waals surface area contributed by atoms with E-state index < -0.39 is 11.7 Å². The Morgan fingerprint density at radius 3 is 2.71 bits per heavy atom. The second kappa shape index (κ2) is 7.35. The fourth-order valence-electron chi connectivity index (χ4n) is 3.50. The Morgan fingerprint density at radius 1 is 1.12 bits per heavy atom. The summed E-state index contributed by atoms with van der Waals surface area (Å²) in [6, 6.07) is 7.12. The normalized spacial score (nSPS) is 24.8. The molecule has 1 N–H and O–H groups in total. The quantitative estimate of drug-likeness (QED) is 0.731. The summed E-state index contributed by atoms with van der Waals surface area (Å²) < 4.78 is 5.79. The van der Waals surface area contributed by atoms with Gasteiger partial charge in [0.05, 0.1) is 5.56 Å². The van der Waals surface area contributed by atoms with E-state index in [4.69, 9.17) is 4.74 Å². The predicted octanol–water partition coefficient (Wildman–Crippen LogP) is 4.81. The molecular formula is C21H26O3. The van der Waals surface area contributed by atoms with E-state index in [2.05, 4.69) is 6.92 Å². The Balaban J connectivity index is 1.65. The number of ether oxygens (including phenoxy) is 1. The van der Waals surface area contributed by atoms with E-state index in [1.54, 1.807) is 24.3 Å². The van der Waals surface area contributed by atoms with Crippen molar-refractivity contribution in [2.24, 2.45) is 5.92 Å². The van der Waals surface area contributed by atoms with Gasteiger partial charge >= 0.3 is 0 Å². The second-order valence-electron chi connectivity index (χ2n) is 6.79. The van der Waals surface area contributed by atoms with E-state index in [-0.39, 0.29) is 5.78 Å². The van der Waals surface area contributed by atoms with Crippen LogP contribution in [0.2, 0.25) is 0 Å². The van der Waals surface area contributed by atoms with Crippen LogP contribution < -0.4 is 4.74 Å². The number of carbonyl (C=O) groups excluding carboxylic acids is 1. The zero-order chi connectivity index (χ0) is 17.0. The van der Waals surface area contributed by atoms with Gasteiger partial charge in [-0.3, -0.25) is 4.79 Å². The van der Waals surface area contributed by atoms with Gasteiger partial charge in [-0.05, 0) is 36.6 Å². The molecule has 24 heavy (non-hydrogen) atoms. The van der Waals surface area contributed by atoms with Crippen LogP contribution in [0.5, 0.6) is 5.75 Å². The van der Waals surface area contributed by atoms with Crippen LogP contribution in [0.15, 0.2) is 48.1 Å². The molecule has 0 radical (unpaired) electrons. The van der Waals surface area contributed by atoms with Gasteiger partial charge in [0.1, 0.15) is 11.7 Å². The molecule has 0 saturated heterocycles. The third-order valence-corrected chi connectivity index (χ3v) is 4.87. The van der Waals surface area contributed by atoms with Crippen LogP contribution in [-0.4, -0.2) is 16.7 Å². The SMILES string of the molecule is CCCCCCCCC1=CC2(O)Oc3ccccc3C(=O)C2C=C1. The zero-order valence-electron chi connectivity index (χ0n) is 14.3. The smallest absolute Gasteiger partial charge is 0.242 e. The highest BCUT2D eigenvalue weighted by molar-refractivity contribution is 6.03. The molecule has 3 rings (SSSR count). The second-order valence-corrected chi connectivity index (χ2v) is 6.79. The Labute approximate surface area is 144 Å². The van der Waals surface area contributed by atoms with Gasteiger partial charge in [-0.25, -0.2) is 0 Å². The number of rotatable bonds is 7. The molecule has 1 aromatic carbocycles. The number of unbranched alkanes of at least 4 members (excludes halogenated alkanes) is 5. The first kappa shape index (κ1) is 17.0. The molecule has 128 valence electrons. The van der Waals surface area contributed by atoms with Gasteiger partial charge in [0.25, 0.3) is 0 Å². The van der Waals surface area contributed by atoms with Crippen LogP contribution in [0.25, 0.3) is 0 Å². The Hall–Kier alpha value is -1.87. The summed E-state index contributed by atoms with van der Waals surface area (Å²) >= 11 is 0. The number of Topliss-reactive ketones (excluding diaryl/α,β-unsaturated/α-hetero) is 1. The van der Waals surface area contributed by atoms with E-state index in [0.717, 1.165) is 18.4 Å². The molecule has 2 atom stereocenters. The maximum absolute atomic E-state index is 12.6. The van der Waals surface area contributed by atoms with E-state index in [0.29, 0.717) is 11.3 Å². The molecular weight excluding hydrogens is 300 g/mol. The summed E-state index contributed by atoms with van der Waals surface area (Å²) in [5.74, 6) is -1.81. The number of allylic oxidation sites excluding steroid dienone is 2. The molecule has 2 unspecified atom stereocenters. The molecule has 0 spiro atoms. The fraction of sp³-hybridized carbons (Fsp3) is 0.476. The molecule has 2 aliphatic rings. The van der Waals surface area contributed by atoms with Crippen LogP contribution in [0.4, 0.5) is 0 Å². The average molecular weight is 326 g/mol. The van der Waals surface area contributed by atoms with Crippen LogP contribution >= 0.6 is 0 Å². The number of hydrogen-bond acceptors (Lipinski definition) is 3. The third kappa shape index (κ3) is 3.46. The molecule has 3 nitrogen and oxygen atoms in total. The van der Waals surface area contributed by atoms with E-state index in [1.165, 1.54) is 32.1 Å². The highest BCUT2D eigenvalue weighted by Gasteiger charge is 2.47. The van der Waals surface area contributed by atoms with Crippen molar-refractivity contribution >= 4 is 5.78 Å². The Morgan fingerprint density at radius 2 is 1.88 bits per heavy atom. The zero-order valence-corrected chi connectivity index (χ0v) is 14.3. The predicted molar refractivity (Wildman–Crippen MR) is 95.1 cm³/mol. The van der Waals surface area contributed by atoms with Gasteiger partial charge in [-0.15, -0.1) is 0 Å². The molecule has 1 heterocycles. The average Bonchev–Trinajstić information content (AvgIpc) is 2.57. The summed E-state index contributed by atoms with van der Waals surface area (Å²) in [4.78, 5) is 12.6. The molecule has 3 heteroatoms. The Bertz CT molecular complexity index is 659. The minimum Gasteiger partial charge on any atom is -0.457 e. The van der Waals surface area contributed by atoms with Gasteiger partial charge in [0, 0.05) is 0 Å². The number of fused-ring (bicyclic) bond motifs is 2. The molecule has 0 aromatic heterocycles. The largest absolute Gasteiger partial charge is 0.457 e. The van der Waals surface area contributed by atoms with Gasteiger partial charge in [-0.2, -0.15) is 0 Å². The number of para-hydroxylation sites is 1. The van der Waals surface area contributed by atoms with Gasteiger partial charge in [-0.1, -0.05) is 63.3 Å². The first-order valence-electron chi connectivity index (χ1n) is 9.08. The highest BCUT2D eigenvalue weighted by atomic mass is 16.6. The van der Waals surface area contributed by atoms with Crippen LogP contribution in [-0.2, 0) is 0 Å². The van der Waals surface area contributed by atoms with Crippen molar-refractivity contribution in [2.75, 3.05) is 0 Å². The maximum atomic E-state index is 12.6. The lowest BCUT2D eigenvalue weighted by Gasteiger charge is -2.38. The minimum atomic E-state index is -1.54. The summed E-state index contributed by atoms with van der Waals surface area (Å²) in [6.07, 6.45) is 13.8. The molecule has 0 saturated carbocycles. The molecule has 0 fully saturated rings. The molecule has 1 aliphatic carbocycles. The van der Waals surface area contributed by atoms with Crippen LogP contribution in [0.3, 0.4) is 0 Å². The van der Waals surface area contributed by atoms with Crippen molar-refractivity contribution in [2.45, 2.75) is 57.7 Å². The molecule has 1 aliphatic heterocycles. The lowest BCUT2D eigenvalue weighted by atomic mass is 9.81. The summed E-state index contributed by atoms with van der Waals surface area (Å²) in [5.41, 5.74) is 1.60. The molecule has 0 bridgehead atoms. The van der Waals surface area contributed by atoms with Crippen molar-refractivity contribution in [3.8, 4) is 5.75 Å². The number of carbonyl (C=O) groups is 1. The van der Waals surface area contributed by atoms with Gasteiger partial charge in [0.15, 0.2) is 5.78 Å².